The van der Waals surface area contributed by atoms with Gasteiger partial charge in [-0.25, -0.2) is 4.68 Å². The van der Waals surface area contributed by atoms with E-state index in [1.54, 1.807) is 9.36 Å². The summed E-state index contributed by atoms with van der Waals surface area (Å²) in [6.07, 6.45) is 0. The van der Waals surface area contributed by atoms with E-state index < -0.39 is 0 Å². The Morgan fingerprint density at radius 1 is 1.50 bits per heavy atom. The fourth-order valence-corrected chi connectivity index (χ4v) is 2.13. The van der Waals surface area contributed by atoms with Gasteiger partial charge in [-0.3, -0.25) is 9.48 Å². The second kappa shape index (κ2) is 3.02. The Morgan fingerprint density at radius 3 is 2.64 bits per heavy atom. The summed E-state index contributed by atoms with van der Waals surface area (Å²) in [4.78, 5) is 11.7. The second-order valence-corrected chi connectivity index (χ2v) is 4.02. The summed E-state index contributed by atoms with van der Waals surface area (Å²) in [7, 11) is 1.83. The molecule has 0 radical (unpaired) electrons. The molecule has 0 spiro atoms. The molecule has 2 aromatic rings. The standard InChI is InChI=1S/C9H11N3OS/c1-6-8(10)9(13)12(11(6)2)7-4-3-5-14-7/h3-5H,10H2,1-2H3. The minimum absolute atomic E-state index is 0.146. The third-order valence-electron chi connectivity index (χ3n) is 2.31. The smallest absolute Gasteiger partial charge is 0.295 e. The van der Waals surface area contributed by atoms with Gasteiger partial charge in [0.25, 0.3) is 5.56 Å². The Balaban J connectivity index is 2.77. The van der Waals surface area contributed by atoms with Gasteiger partial charge in [0.15, 0.2) is 0 Å². The molecule has 0 unspecified atom stereocenters. The highest BCUT2D eigenvalue weighted by Gasteiger charge is 2.12. The van der Waals surface area contributed by atoms with Gasteiger partial charge in [-0.1, -0.05) is 0 Å². The normalized spacial score (nSPS) is 10.7. The molecular weight excluding hydrogens is 198 g/mol. The molecule has 2 N–H and O–H groups in total. The lowest BCUT2D eigenvalue weighted by Crippen LogP contribution is -2.19. The highest BCUT2D eigenvalue weighted by atomic mass is 32.1. The first kappa shape index (κ1) is 9.08. The average Bonchev–Trinajstić information content (AvgIpc) is 2.73. The maximum Gasteiger partial charge on any atom is 0.295 e. The van der Waals surface area contributed by atoms with Crippen LogP contribution in [0.3, 0.4) is 0 Å². The van der Waals surface area contributed by atoms with Crippen molar-refractivity contribution in [3.63, 3.8) is 0 Å². The first-order valence-corrected chi connectivity index (χ1v) is 5.09. The molecule has 0 fully saturated rings. The number of hydrogen-bond acceptors (Lipinski definition) is 3. The Labute approximate surface area is 85.2 Å². The number of nitrogen functional groups attached to an aromatic ring is 1. The van der Waals surface area contributed by atoms with Crippen molar-refractivity contribution in [2.24, 2.45) is 7.05 Å². The molecule has 0 bridgehead atoms. The van der Waals surface area contributed by atoms with Crippen molar-refractivity contribution in [3.05, 3.63) is 33.6 Å². The summed E-state index contributed by atoms with van der Waals surface area (Å²) in [5, 5.41) is 2.82. The van der Waals surface area contributed by atoms with Crippen molar-refractivity contribution in [2.45, 2.75) is 6.92 Å². The van der Waals surface area contributed by atoms with Crippen LogP contribution >= 0.6 is 11.3 Å². The van der Waals surface area contributed by atoms with Gasteiger partial charge in [0.1, 0.15) is 10.7 Å². The van der Waals surface area contributed by atoms with Crippen LogP contribution in [0.5, 0.6) is 0 Å². The van der Waals surface area contributed by atoms with Crippen molar-refractivity contribution in [3.8, 4) is 5.00 Å². The Morgan fingerprint density at radius 2 is 2.21 bits per heavy atom. The monoisotopic (exact) mass is 209 g/mol. The minimum atomic E-state index is -0.146. The first-order valence-electron chi connectivity index (χ1n) is 4.21. The van der Waals surface area contributed by atoms with E-state index in [1.165, 1.54) is 11.3 Å². The number of hydrogen-bond donors (Lipinski definition) is 1. The number of anilines is 1. The van der Waals surface area contributed by atoms with Crippen LogP contribution in [0.1, 0.15) is 5.69 Å². The number of thiophene rings is 1. The number of nitrogens with two attached hydrogens (primary N) is 1. The molecule has 0 saturated carbocycles. The van der Waals surface area contributed by atoms with Crippen molar-refractivity contribution in [1.82, 2.24) is 9.36 Å². The van der Waals surface area contributed by atoms with E-state index >= 15 is 0 Å². The zero-order valence-corrected chi connectivity index (χ0v) is 8.84. The van der Waals surface area contributed by atoms with E-state index in [0.717, 1.165) is 10.7 Å². The number of aromatic nitrogens is 2. The van der Waals surface area contributed by atoms with Gasteiger partial charge in [0, 0.05) is 7.05 Å². The minimum Gasteiger partial charge on any atom is -0.393 e. The van der Waals surface area contributed by atoms with Crippen LogP contribution in [-0.2, 0) is 7.05 Å². The number of nitrogens with zero attached hydrogens (tertiary/aromatic N) is 2. The summed E-state index contributed by atoms with van der Waals surface area (Å²) in [5.41, 5.74) is 6.63. The van der Waals surface area contributed by atoms with Gasteiger partial charge in [-0.05, 0) is 24.4 Å². The zero-order valence-electron chi connectivity index (χ0n) is 8.02. The zero-order chi connectivity index (χ0) is 10.3. The highest BCUT2D eigenvalue weighted by Crippen LogP contribution is 2.15. The van der Waals surface area contributed by atoms with Crippen molar-refractivity contribution in [2.75, 3.05) is 5.73 Å². The molecule has 0 aliphatic heterocycles. The molecular formula is C9H11N3OS. The van der Waals surface area contributed by atoms with E-state index in [-0.39, 0.29) is 5.56 Å². The Bertz CT molecular complexity index is 507. The third-order valence-corrected chi connectivity index (χ3v) is 3.16. The van der Waals surface area contributed by atoms with E-state index in [9.17, 15) is 4.79 Å². The molecule has 2 heterocycles. The van der Waals surface area contributed by atoms with Gasteiger partial charge in [0.2, 0.25) is 0 Å². The van der Waals surface area contributed by atoms with Crippen LogP contribution < -0.4 is 11.3 Å². The Kier molecular flexibility index (Phi) is 1.96. The van der Waals surface area contributed by atoms with E-state index in [4.69, 9.17) is 5.73 Å². The van der Waals surface area contributed by atoms with Gasteiger partial charge >= 0.3 is 0 Å². The van der Waals surface area contributed by atoms with Crippen molar-refractivity contribution in [1.29, 1.82) is 0 Å². The van der Waals surface area contributed by atoms with Gasteiger partial charge in [0.05, 0.1) is 5.69 Å². The fourth-order valence-electron chi connectivity index (χ4n) is 1.37. The summed E-state index contributed by atoms with van der Waals surface area (Å²) < 4.78 is 3.35. The summed E-state index contributed by atoms with van der Waals surface area (Å²) in [6.45, 7) is 1.83. The summed E-state index contributed by atoms with van der Waals surface area (Å²) in [5.74, 6) is 0. The van der Waals surface area contributed by atoms with Crippen LogP contribution in [-0.4, -0.2) is 9.36 Å². The fraction of sp³-hybridized carbons (Fsp3) is 0.222. The second-order valence-electron chi connectivity index (χ2n) is 3.09. The van der Waals surface area contributed by atoms with Gasteiger partial charge in [-0.2, -0.15) is 0 Å². The molecule has 4 nitrogen and oxygen atoms in total. The molecule has 2 aromatic heterocycles. The molecule has 74 valence electrons. The van der Waals surface area contributed by atoms with E-state index in [0.29, 0.717) is 5.69 Å². The molecule has 0 atom stereocenters. The molecule has 14 heavy (non-hydrogen) atoms. The first-order chi connectivity index (χ1) is 6.63. The molecule has 0 aliphatic rings. The van der Waals surface area contributed by atoms with E-state index in [1.807, 2.05) is 31.5 Å². The quantitative estimate of drug-likeness (QED) is 0.765. The van der Waals surface area contributed by atoms with Crippen LogP contribution in [0.4, 0.5) is 5.69 Å². The largest absolute Gasteiger partial charge is 0.393 e. The molecule has 0 saturated heterocycles. The SMILES string of the molecule is Cc1c(N)c(=O)n(-c2cccs2)n1C. The summed E-state index contributed by atoms with van der Waals surface area (Å²) in [6, 6.07) is 3.80. The lowest BCUT2D eigenvalue weighted by atomic mass is 10.4. The van der Waals surface area contributed by atoms with Crippen LogP contribution in [0.2, 0.25) is 0 Å². The van der Waals surface area contributed by atoms with E-state index in [2.05, 4.69) is 0 Å². The third kappa shape index (κ3) is 1.09. The number of rotatable bonds is 1. The molecule has 0 amide bonds. The maximum absolute atomic E-state index is 11.7. The van der Waals surface area contributed by atoms with Crippen molar-refractivity contribution < 1.29 is 0 Å². The van der Waals surface area contributed by atoms with Crippen LogP contribution in [0, 0.1) is 6.92 Å². The summed E-state index contributed by atoms with van der Waals surface area (Å²) >= 11 is 1.51. The maximum atomic E-state index is 11.7. The van der Waals surface area contributed by atoms with Gasteiger partial charge < -0.3 is 5.73 Å². The topological polar surface area (TPSA) is 53.0 Å². The van der Waals surface area contributed by atoms with Gasteiger partial charge in [-0.15, -0.1) is 11.3 Å². The predicted molar refractivity (Wildman–Crippen MR) is 58.0 cm³/mol. The molecule has 5 heteroatoms. The molecule has 0 aromatic carbocycles. The average molecular weight is 209 g/mol. The predicted octanol–water partition coefficient (Wildman–Crippen LogP) is 1.13. The molecule has 2 rings (SSSR count). The highest BCUT2D eigenvalue weighted by molar-refractivity contribution is 7.12. The van der Waals surface area contributed by atoms with Crippen molar-refractivity contribution >= 4 is 17.0 Å². The van der Waals surface area contributed by atoms with Crippen LogP contribution in [0.15, 0.2) is 22.3 Å². The lowest BCUT2D eigenvalue weighted by Gasteiger charge is -2.04. The molecule has 0 aliphatic carbocycles. The Hall–Kier alpha value is -1.49. The lowest BCUT2D eigenvalue weighted by molar-refractivity contribution is 0.637. The van der Waals surface area contributed by atoms with Crippen LogP contribution in [0.25, 0.3) is 5.00 Å².